The first kappa shape index (κ1) is 46.2. The molecule has 2 unspecified atom stereocenters. The molecule has 0 aromatic carbocycles. The molecule has 3 aliphatic carbocycles. The van der Waals surface area contributed by atoms with Crippen molar-refractivity contribution < 1.29 is 38.8 Å². The van der Waals surface area contributed by atoms with Crippen molar-refractivity contribution in [2.45, 2.75) is 259 Å². The van der Waals surface area contributed by atoms with Crippen molar-refractivity contribution in [2.24, 2.45) is 0 Å². The van der Waals surface area contributed by atoms with E-state index < -0.39 is 57.3 Å². The fraction of sp³-hybridized carbons (Fsp3) is 0.939. The van der Waals surface area contributed by atoms with Crippen LogP contribution in [0.4, 0.5) is 0 Å². The van der Waals surface area contributed by atoms with Crippen molar-refractivity contribution in [3.05, 3.63) is 0 Å². The molecule has 9 fully saturated rings. The number of rotatable bonds is 8. The average molecular weight is 883 g/mol. The Morgan fingerprint density at radius 3 is 1.06 bits per heavy atom. The third-order valence-corrected chi connectivity index (χ3v) is 17.8. The minimum Gasteiger partial charge on any atom is -0.390 e. The standard InChI is InChI=1S/C49H82N6O8/c1-38(2)27-44(28-39(3,4)50-38)35(58)54(47(61-44)17-14-18-47)25-34(57)26-55-42(9,10)31-46(32-43(55,11)12)37(60)53(49(63-46)21-16-22-49)24-33(56)23-52-36(59)45(62-48(52)19-15-20-48)29-40(5,6)51(13)41(7,8)30-45/h33-34,50,56-57H,14-32H2,1-13H3. The Morgan fingerprint density at radius 1 is 0.476 bits per heavy atom. The highest BCUT2D eigenvalue weighted by atomic mass is 16.6. The second-order valence-electron chi connectivity index (χ2n) is 26.1. The molecule has 14 nitrogen and oxygen atoms in total. The van der Waals surface area contributed by atoms with Crippen LogP contribution in [0, 0.1) is 0 Å². The van der Waals surface area contributed by atoms with Crippen LogP contribution in [-0.2, 0) is 28.6 Å². The second-order valence-corrected chi connectivity index (χ2v) is 26.1. The van der Waals surface area contributed by atoms with Gasteiger partial charge in [-0.1, -0.05) is 0 Å². The average Bonchev–Trinajstić information content (AvgIpc) is 3.54. The van der Waals surface area contributed by atoms with E-state index in [1.807, 2.05) is 14.7 Å². The highest BCUT2D eigenvalue weighted by Crippen LogP contribution is 2.59. The lowest BCUT2D eigenvalue weighted by Gasteiger charge is -2.58. The number of likely N-dealkylation sites (tertiary alicyclic amines) is 2. The third kappa shape index (κ3) is 7.01. The van der Waals surface area contributed by atoms with E-state index in [1.165, 1.54) is 0 Å². The maximum Gasteiger partial charge on any atom is 0.257 e. The van der Waals surface area contributed by atoms with Crippen LogP contribution >= 0.6 is 0 Å². The molecule has 0 radical (unpaired) electrons. The molecule has 9 rings (SSSR count). The molecule has 6 saturated heterocycles. The maximum atomic E-state index is 15.1. The summed E-state index contributed by atoms with van der Waals surface area (Å²) in [7, 11) is 2.13. The Bertz CT molecular complexity index is 1840. The largest absolute Gasteiger partial charge is 0.390 e. The van der Waals surface area contributed by atoms with Crippen LogP contribution in [0.5, 0.6) is 0 Å². The summed E-state index contributed by atoms with van der Waals surface area (Å²) in [6, 6.07) is 0. The summed E-state index contributed by atoms with van der Waals surface area (Å²) in [5, 5.41) is 27.8. The predicted octanol–water partition coefficient (Wildman–Crippen LogP) is 5.02. The number of carbonyl (C=O) groups excluding carboxylic acids is 3. The molecule has 3 saturated carbocycles. The lowest BCUT2D eigenvalue weighted by Crippen LogP contribution is -2.69. The van der Waals surface area contributed by atoms with Crippen LogP contribution in [0.1, 0.15) is 179 Å². The van der Waals surface area contributed by atoms with Crippen molar-refractivity contribution >= 4 is 17.7 Å². The van der Waals surface area contributed by atoms with Crippen molar-refractivity contribution in [2.75, 3.05) is 33.2 Å². The molecule has 3 N–H and O–H groups in total. The number of ether oxygens (including phenoxy) is 3. The summed E-state index contributed by atoms with van der Waals surface area (Å²) in [6.45, 7) is 26.5. The fourth-order valence-corrected chi connectivity index (χ4v) is 15.6. The Morgan fingerprint density at radius 2 is 0.762 bits per heavy atom. The van der Waals surface area contributed by atoms with Gasteiger partial charge in [0.2, 0.25) is 0 Å². The van der Waals surface area contributed by atoms with E-state index in [0.29, 0.717) is 57.9 Å². The summed E-state index contributed by atoms with van der Waals surface area (Å²) in [5.41, 5.74) is -7.41. The van der Waals surface area contributed by atoms with E-state index in [9.17, 15) is 19.8 Å². The molecule has 3 amide bonds. The summed E-state index contributed by atoms with van der Waals surface area (Å²) in [6.07, 6.45) is 8.66. The Hall–Kier alpha value is -1.91. The molecule has 14 heteroatoms. The lowest BCUT2D eigenvalue weighted by molar-refractivity contribution is -0.226. The van der Waals surface area contributed by atoms with Gasteiger partial charge >= 0.3 is 0 Å². The second kappa shape index (κ2) is 13.8. The van der Waals surface area contributed by atoms with Crippen molar-refractivity contribution in [3.63, 3.8) is 0 Å². The van der Waals surface area contributed by atoms with Gasteiger partial charge in [0, 0.05) is 78.3 Å². The predicted molar refractivity (Wildman–Crippen MR) is 238 cm³/mol. The zero-order valence-corrected chi connectivity index (χ0v) is 41.2. The van der Waals surface area contributed by atoms with Gasteiger partial charge in [0.05, 0.1) is 31.8 Å². The van der Waals surface area contributed by atoms with Gasteiger partial charge in [-0.3, -0.25) is 24.2 Å². The normalized spacial score (nSPS) is 34.0. The third-order valence-electron chi connectivity index (χ3n) is 17.8. The monoisotopic (exact) mass is 883 g/mol. The zero-order valence-electron chi connectivity index (χ0n) is 41.2. The number of amides is 3. The van der Waals surface area contributed by atoms with Crippen molar-refractivity contribution in [1.29, 1.82) is 0 Å². The number of nitrogens with one attached hydrogen (secondary N) is 1. The maximum absolute atomic E-state index is 15.1. The zero-order chi connectivity index (χ0) is 46.0. The summed E-state index contributed by atoms with van der Waals surface area (Å²) >= 11 is 0. The molecular formula is C49H82N6O8. The highest BCUT2D eigenvalue weighted by molar-refractivity contribution is 5.90. The van der Waals surface area contributed by atoms with Crippen LogP contribution in [-0.4, -0.2) is 165 Å². The molecule has 2 atom stereocenters. The van der Waals surface area contributed by atoms with E-state index in [4.69, 9.17) is 14.2 Å². The van der Waals surface area contributed by atoms with E-state index >= 15 is 4.79 Å². The van der Waals surface area contributed by atoms with Gasteiger partial charge in [-0.15, -0.1) is 0 Å². The molecule has 0 bridgehead atoms. The number of hydrogen-bond acceptors (Lipinski definition) is 11. The smallest absolute Gasteiger partial charge is 0.257 e. The minimum atomic E-state index is -1.11. The van der Waals surface area contributed by atoms with E-state index in [2.05, 4.69) is 105 Å². The number of aliphatic hydroxyl groups is 2. The van der Waals surface area contributed by atoms with E-state index in [1.54, 1.807) is 0 Å². The molecular weight excluding hydrogens is 801 g/mol. The van der Waals surface area contributed by atoms with Gasteiger partial charge in [0.15, 0.2) is 16.8 Å². The number of aliphatic hydroxyl groups excluding tert-OH is 2. The van der Waals surface area contributed by atoms with Crippen molar-refractivity contribution in [3.8, 4) is 0 Å². The first-order valence-corrected chi connectivity index (χ1v) is 24.5. The van der Waals surface area contributed by atoms with Crippen LogP contribution in [0.15, 0.2) is 0 Å². The van der Waals surface area contributed by atoms with Crippen LogP contribution in [0.25, 0.3) is 0 Å². The fourth-order valence-electron chi connectivity index (χ4n) is 15.6. The molecule has 0 aromatic heterocycles. The molecule has 9 aliphatic rings. The Kier molecular flexibility index (Phi) is 10.2. The molecule has 356 valence electrons. The first-order chi connectivity index (χ1) is 28.8. The highest BCUT2D eigenvalue weighted by Gasteiger charge is 2.71. The van der Waals surface area contributed by atoms with Gasteiger partial charge in [-0.2, -0.15) is 0 Å². The first-order valence-electron chi connectivity index (χ1n) is 24.5. The van der Waals surface area contributed by atoms with Crippen LogP contribution in [0.2, 0.25) is 0 Å². The number of nitrogens with zero attached hydrogens (tertiary/aromatic N) is 5. The number of carbonyl (C=O) groups is 3. The number of hydrogen-bond donors (Lipinski definition) is 3. The van der Waals surface area contributed by atoms with Gasteiger partial charge in [-0.05, 0) is 148 Å². The lowest BCUT2D eigenvalue weighted by atomic mass is 9.70. The molecule has 63 heavy (non-hydrogen) atoms. The minimum absolute atomic E-state index is 0.00301. The molecule has 6 aliphatic heterocycles. The summed E-state index contributed by atoms with van der Waals surface area (Å²) < 4.78 is 21.1. The summed E-state index contributed by atoms with van der Waals surface area (Å²) in [5.74, 6) is -0.127. The quantitative estimate of drug-likeness (QED) is 0.302. The van der Waals surface area contributed by atoms with Crippen molar-refractivity contribution in [1.82, 2.24) is 29.8 Å². The molecule has 6 heterocycles. The Labute approximate surface area is 377 Å². The Balaban J connectivity index is 0.898. The molecule has 0 aromatic rings. The number of piperidine rings is 3. The van der Waals surface area contributed by atoms with Gasteiger partial charge in [0.1, 0.15) is 17.2 Å². The van der Waals surface area contributed by atoms with E-state index in [0.717, 1.165) is 44.9 Å². The topological polar surface area (TPSA) is 148 Å². The molecule has 6 spiro atoms. The summed E-state index contributed by atoms with van der Waals surface area (Å²) in [4.78, 5) is 54.6. The van der Waals surface area contributed by atoms with Gasteiger partial charge < -0.3 is 44.4 Å². The SMILES string of the molecule is CN1C(C)(C)CC2(CC1(C)C)OC1(CCC1)N(CC(O)CN1C(=O)C3(CC(C)(C)N(CC(O)CN4C(=O)C5(CC(C)(C)NC(C)(C)C5)OC45CCC5)C(C)(C)C3)OC13CCC3)C2=O. The van der Waals surface area contributed by atoms with Crippen LogP contribution < -0.4 is 5.32 Å². The number of β-amino-alcohol motifs (C(OH)–C–C–N with tert-alkyl or cyclic N) is 2. The van der Waals surface area contributed by atoms with Crippen LogP contribution in [0.3, 0.4) is 0 Å². The van der Waals surface area contributed by atoms with Gasteiger partial charge in [0.25, 0.3) is 17.7 Å². The van der Waals surface area contributed by atoms with E-state index in [-0.39, 0.29) is 59.5 Å². The van der Waals surface area contributed by atoms with Gasteiger partial charge in [-0.25, -0.2) is 0 Å².